The number of nitrogens with one attached hydrogen (secondary N) is 1. The van der Waals surface area contributed by atoms with Crippen LogP contribution in [0.15, 0.2) is 36.4 Å². The maximum absolute atomic E-state index is 13.1. The van der Waals surface area contributed by atoms with Crippen LogP contribution in [0.5, 0.6) is 11.5 Å². The van der Waals surface area contributed by atoms with Gasteiger partial charge < -0.3 is 19.7 Å². The van der Waals surface area contributed by atoms with E-state index < -0.39 is 6.04 Å². The minimum Gasteiger partial charge on any atom is -0.490 e. The molecule has 6 nitrogen and oxygen atoms in total. The van der Waals surface area contributed by atoms with Gasteiger partial charge in [0.05, 0.1) is 23.3 Å². The SMILES string of the molecule is CCOc1ccc(CCC(=O)N(Cc2ccc(Cl)c(Cl)c2)[C@@H](C)C(=O)NC)cc1OCC. The van der Waals surface area contributed by atoms with E-state index in [0.717, 1.165) is 11.1 Å². The number of ether oxygens (including phenoxy) is 2. The van der Waals surface area contributed by atoms with Gasteiger partial charge >= 0.3 is 0 Å². The summed E-state index contributed by atoms with van der Waals surface area (Å²) in [7, 11) is 1.55. The molecule has 2 amide bonds. The van der Waals surface area contributed by atoms with E-state index in [2.05, 4.69) is 5.32 Å². The van der Waals surface area contributed by atoms with Gasteiger partial charge in [0.2, 0.25) is 11.8 Å². The first-order chi connectivity index (χ1) is 15.3. The Bertz CT molecular complexity index is 936. The predicted molar refractivity (Wildman–Crippen MR) is 128 cm³/mol. The van der Waals surface area contributed by atoms with Crippen molar-refractivity contribution >= 4 is 35.0 Å². The quantitative estimate of drug-likeness (QED) is 0.497. The van der Waals surface area contributed by atoms with Crippen LogP contribution in [-0.2, 0) is 22.6 Å². The van der Waals surface area contributed by atoms with Crippen LogP contribution in [0.25, 0.3) is 0 Å². The Morgan fingerprint density at radius 2 is 1.62 bits per heavy atom. The van der Waals surface area contributed by atoms with Crippen molar-refractivity contribution in [3.63, 3.8) is 0 Å². The van der Waals surface area contributed by atoms with Gasteiger partial charge in [0.1, 0.15) is 6.04 Å². The average molecular weight is 481 g/mol. The van der Waals surface area contributed by atoms with Crippen molar-refractivity contribution in [1.29, 1.82) is 0 Å². The number of nitrogens with zero attached hydrogens (tertiary/aromatic N) is 1. The molecule has 0 bridgehead atoms. The lowest BCUT2D eigenvalue weighted by Gasteiger charge is -2.28. The number of hydrogen-bond acceptors (Lipinski definition) is 4. The van der Waals surface area contributed by atoms with E-state index in [-0.39, 0.29) is 24.8 Å². The van der Waals surface area contributed by atoms with Gasteiger partial charge in [-0.15, -0.1) is 0 Å². The zero-order valence-corrected chi connectivity index (χ0v) is 20.4. The predicted octanol–water partition coefficient (Wildman–Crippen LogP) is 4.89. The van der Waals surface area contributed by atoms with E-state index in [1.54, 1.807) is 37.1 Å². The van der Waals surface area contributed by atoms with Gasteiger partial charge in [-0.1, -0.05) is 35.3 Å². The molecule has 8 heteroatoms. The molecule has 0 saturated heterocycles. The molecule has 174 valence electrons. The number of amides is 2. The summed E-state index contributed by atoms with van der Waals surface area (Å²) in [6, 6.07) is 10.2. The maximum atomic E-state index is 13.1. The third-order valence-corrected chi connectivity index (χ3v) is 5.73. The number of carbonyl (C=O) groups is 2. The van der Waals surface area contributed by atoms with E-state index in [9.17, 15) is 9.59 Å². The Hall–Kier alpha value is -2.44. The summed E-state index contributed by atoms with van der Waals surface area (Å²) in [6.07, 6.45) is 0.742. The van der Waals surface area contributed by atoms with Crippen molar-refractivity contribution < 1.29 is 19.1 Å². The first kappa shape index (κ1) is 25.8. The Morgan fingerprint density at radius 1 is 0.969 bits per heavy atom. The van der Waals surface area contributed by atoms with Gasteiger partial charge in [0, 0.05) is 20.0 Å². The average Bonchev–Trinajstić information content (AvgIpc) is 2.78. The molecule has 32 heavy (non-hydrogen) atoms. The lowest BCUT2D eigenvalue weighted by atomic mass is 10.1. The maximum Gasteiger partial charge on any atom is 0.242 e. The molecule has 2 aromatic rings. The molecule has 0 aliphatic carbocycles. The molecule has 0 radical (unpaired) electrons. The first-order valence-corrected chi connectivity index (χ1v) is 11.4. The highest BCUT2D eigenvalue weighted by Crippen LogP contribution is 2.29. The van der Waals surface area contributed by atoms with Gasteiger partial charge in [-0.3, -0.25) is 9.59 Å². The fraction of sp³-hybridized carbons (Fsp3) is 0.417. The second-order valence-electron chi connectivity index (χ2n) is 7.21. The van der Waals surface area contributed by atoms with Crippen LogP contribution >= 0.6 is 23.2 Å². The summed E-state index contributed by atoms with van der Waals surface area (Å²) in [5, 5.41) is 3.45. The lowest BCUT2D eigenvalue weighted by Crippen LogP contribution is -2.46. The number of carbonyl (C=O) groups excluding carboxylic acids is 2. The summed E-state index contributed by atoms with van der Waals surface area (Å²) < 4.78 is 11.3. The zero-order valence-electron chi connectivity index (χ0n) is 18.9. The van der Waals surface area contributed by atoms with E-state index in [1.165, 1.54) is 0 Å². The highest BCUT2D eigenvalue weighted by Gasteiger charge is 2.25. The minimum atomic E-state index is -0.638. The number of likely N-dealkylation sites (N-methyl/N-ethyl adjacent to an activating group) is 1. The molecule has 0 unspecified atom stereocenters. The van der Waals surface area contributed by atoms with Crippen molar-refractivity contribution in [2.45, 2.75) is 46.2 Å². The van der Waals surface area contributed by atoms with Crippen molar-refractivity contribution in [3.8, 4) is 11.5 Å². The molecule has 0 aliphatic heterocycles. The summed E-state index contributed by atoms with van der Waals surface area (Å²) >= 11 is 12.1. The van der Waals surface area contributed by atoms with Crippen LogP contribution in [0.2, 0.25) is 10.0 Å². The molecule has 2 rings (SSSR count). The Morgan fingerprint density at radius 3 is 2.25 bits per heavy atom. The Balaban J connectivity index is 2.17. The molecule has 1 atom stereocenters. The molecular formula is C24H30Cl2N2O4. The normalized spacial score (nSPS) is 11.6. The smallest absolute Gasteiger partial charge is 0.242 e. The number of halogens is 2. The van der Waals surface area contributed by atoms with Gasteiger partial charge in [-0.25, -0.2) is 0 Å². The largest absolute Gasteiger partial charge is 0.490 e. The van der Waals surface area contributed by atoms with E-state index in [0.29, 0.717) is 41.2 Å². The second kappa shape index (κ2) is 12.6. The molecule has 2 aromatic carbocycles. The third-order valence-electron chi connectivity index (χ3n) is 4.99. The molecule has 0 aliphatic rings. The molecule has 0 aromatic heterocycles. The van der Waals surface area contributed by atoms with Crippen LogP contribution in [0.4, 0.5) is 0 Å². The number of benzene rings is 2. The highest BCUT2D eigenvalue weighted by molar-refractivity contribution is 6.42. The van der Waals surface area contributed by atoms with Crippen LogP contribution in [0, 0.1) is 0 Å². The molecular weight excluding hydrogens is 451 g/mol. The van der Waals surface area contributed by atoms with Crippen LogP contribution in [0.1, 0.15) is 38.3 Å². The minimum absolute atomic E-state index is 0.140. The van der Waals surface area contributed by atoms with Crippen molar-refractivity contribution in [2.75, 3.05) is 20.3 Å². The van der Waals surface area contributed by atoms with Crippen molar-refractivity contribution in [3.05, 3.63) is 57.6 Å². The molecule has 0 saturated carbocycles. The number of aryl methyl sites for hydroxylation is 1. The van der Waals surface area contributed by atoms with Crippen molar-refractivity contribution in [2.24, 2.45) is 0 Å². The summed E-state index contributed by atoms with van der Waals surface area (Å²) in [5.41, 5.74) is 1.75. The van der Waals surface area contributed by atoms with E-state index in [1.807, 2.05) is 32.0 Å². The van der Waals surface area contributed by atoms with Gasteiger partial charge in [-0.05, 0) is 62.6 Å². The van der Waals surface area contributed by atoms with Gasteiger partial charge in [-0.2, -0.15) is 0 Å². The summed E-state index contributed by atoms with van der Waals surface area (Å²) in [4.78, 5) is 27.0. The van der Waals surface area contributed by atoms with Crippen molar-refractivity contribution in [1.82, 2.24) is 10.2 Å². The lowest BCUT2D eigenvalue weighted by molar-refractivity contribution is -0.140. The number of hydrogen-bond donors (Lipinski definition) is 1. The van der Waals surface area contributed by atoms with Gasteiger partial charge in [0.15, 0.2) is 11.5 Å². The van der Waals surface area contributed by atoms with Gasteiger partial charge in [0.25, 0.3) is 0 Å². The standard InChI is InChI=1S/C24H30Cl2N2O4/c1-5-31-21-11-8-17(14-22(21)32-6-2)9-12-23(29)28(16(3)24(30)27-4)15-18-7-10-19(25)20(26)13-18/h7-8,10-11,13-14,16H,5-6,9,12,15H2,1-4H3,(H,27,30)/t16-/m0/s1. The third kappa shape index (κ3) is 7.04. The van der Waals surface area contributed by atoms with E-state index >= 15 is 0 Å². The summed E-state index contributed by atoms with van der Waals surface area (Å²) in [6.45, 7) is 6.84. The second-order valence-corrected chi connectivity index (χ2v) is 8.02. The molecule has 0 fully saturated rings. The first-order valence-electron chi connectivity index (χ1n) is 10.6. The monoisotopic (exact) mass is 480 g/mol. The van der Waals surface area contributed by atoms with Crippen LogP contribution in [-0.4, -0.2) is 43.0 Å². The highest BCUT2D eigenvalue weighted by atomic mass is 35.5. The number of rotatable bonds is 11. The molecule has 0 heterocycles. The van der Waals surface area contributed by atoms with Crippen LogP contribution < -0.4 is 14.8 Å². The Labute approximate surface area is 199 Å². The Kier molecular flexibility index (Phi) is 10.1. The topological polar surface area (TPSA) is 67.9 Å². The zero-order chi connectivity index (χ0) is 23.7. The van der Waals surface area contributed by atoms with E-state index in [4.69, 9.17) is 32.7 Å². The van der Waals surface area contributed by atoms with Crippen LogP contribution in [0.3, 0.4) is 0 Å². The molecule has 0 spiro atoms. The molecule has 1 N–H and O–H groups in total. The fourth-order valence-electron chi connectivity index (χ4n) is 3.27. The fourth-order valence-corrected chi connectivity index (χ4v) is 3.59. The summed E-state index contributed by atoms with van der Waals surface area (Å²) in [5.74, 6) is 0.960.